The third kappa shape index (κ3) is 6.50. The minimum absolute atomic E-state index is 0.311. The number of rotatable bonds is 8. The molecule has 0 amide bonds. The summed E-state index contributed by atoms with van der Waals surface area (Å²) < 4.78 is 12.7. The number of ether oxygens (including phenoxy) is 2. The lowest BCUT2D eigenvalue weighted by molar-refractivity contribution is 0.313. The molecule has 0 heterocycles. The van der Waals surface area contributed by atoms with Crippen LogP contribution in [0.1, 0.15) is 57.3 Å². The van der Waals surface area contributed by atoms with Crippen molar-refractivity contribution in [2.75, 3.05) is 23.9 Å². The first-order chi connectivity index (χ1) is 19.6. The number of hydrogen-bond donors (Lipinski definition) is 2. The second kappa shape index (κ2) is 13.6. The van der Waals surface area contributed by atoms with Crippen molar-refractivity contribution in [1.82, 2.24) is 0 Å². The Balaban J connectivity index is 1.66. The number of phenolic OH excluding ortho intramolecular Hbond substituents is 2. The molecule has 0 saturated heterocycles. The summed E-state index contributed by atoms with van der Waals surface area (Å²) in [5.41, 5.74) is 7.49. The highest BCUT2D eigenvalue weighted by Crippen LogP contribution is 2.38. The van der Waals surface area contributed by atoms with E-state index in [-0.39, 0.29) is 0 Å². The largest absolute Gasteiger partial charge is 0.507 e. The van der Waals surface area contributed by atoms with Gasteiger partial charge in [-0.05, 0) is 57.3 Å². The van der Waals surface area contributed by atoms with Gasteiger partial charge in [0.05, 0.1) is 13.2 Å². The highest BCUT2D eigenvalue weighted by atomic mass is 79.9. The lowest BCUT2D eigenvalue weighted by Gasteiger charge is -2.20. The number of aromatic hydroxyl groups is 2. The molecule has 40 heavy (non-hydrogen) atoms. The van der Waals surface area contributed by atoms with Gasteiger partial charge in [0.25, 0.3) is 0 Å². The highest BCUT2D eigenvalue weighted by molar-refractivity contribution is 9.09. The molecule has 1 aliphatic carbocycles. The molecule has 5 rings (SSSR count). The van der Waals surface area contributed by atoms with E-state index >= 15 is 0 Å². The minimum Gasteiger partial charge on any atom is -0.507 e. The normalized spacial score (nSPS) is 12.7. The number of hydrogen-bond acceptors (Lipinski definition) is 4. The van der Waals surface area contributed by atoms with Crippen molar-refractivity contribution in [1.29, 1.82) is 0 Å². The van der Waals surface area contributed by atoms with Crippen LogP contribution in [0.2, 0.25) is 0 Å². The summed E-state index contributed by atoms with van der Waals surface area (Å²) in [6.45, 7) is 1.17. The third-order valence-corrected chi connectivity index (χ3v) is 8.46. The average molecular weight is 666 g/mol. The molecule has 0 atom stereocenters. The maximum Gasteiger partial charge on any atom is 0.126 e. The van der Waals surface area contributed by atoms with Crippen LogP contribution in [0.4, 0.5) is 0 Å². The molecular weight excluding hydrogens is 632 g/mol. The van der Waals surface area contributed by atoms with E-state index in [1.807, 2.05) is 48.5 Å². The summed E-state index contributed by atoms with van der Waals surface area (Å²) in [5.74, 6) is 2.29. The molecule has 6 heteroatoms. The lowest BCUT2D eigenvalue weighted by atomic mass is 9.91. The standard InChI is InChI=1S/C34H34Br2O4/c35-15-5-17-39-33-27-11-3-13-29(33)21-25-9-2-10-26(32(25)38)22-30-14-4-12-28(34(30)40-18-6-16-36)20-24-8-1-7-23(19-27)31(24)37/h1-4,7-14,37-38H,5-6,15-22H2. The first-order valence-corrected chi connectivity index (χ1v) is 16.0. The first-order valence-electron chi connectivity index (χ1n) is 13.8. The second-order valence-electron chi connectivity index (χ2n) is 10.1. The molecule has 1 aliphatic rings. The SMILES string of the molecule is Oc1c2cccc1Cc1cccc(c1OCCCBr)Cc1cccc(c1O)Cc1cccc(c1OCCCBr)C2. The van der Waals surface area contributed by atoms with E-state index in [4.69, 9.17) is 9.47 Å². The molecule has 208 valence electrons. The summed E-state index contributed by atoms with van der Waals surface area (Å²) >= 11 is 7.00. The van der Waals surface area contributed by atoms with E-state index in [1.54, 1.807) is 0 Å². The third-order valence-electron chi connectivity index (χ3n) is 7.33. The molecule has 0 radical (unpaired) electrons. The second-order valence-corrected chi connectivity index (χ2v) is 11.7. The molecule has 0 aromatic heterocycles. The predicted molar refractivity (Wildman–Crippen MR) is 168 cm³/mol. The molecule has 4 aromatic carbocycles. The van der Waals surface area contributed by atoms with Gasteiger partial charge in [0.2, 0.25) is 0 Å². The summed E-state index contributed by atoms with van der Waals surface area (Å²) in [5, 5.41) is 24.6. The Kier molecular flexibility index (Phi) is 9.71. The number of fused-ring (bicyclic) bond motifs is 8. The fourth-order valence-corrected chi connectivity index (χ4v) is 5.80. The minimum atomic E-state index is 0.311. The van der Waals surface area contributed by atoms with Crippen molar-refractivity contribution < 1.29 is 19.7 Å². The summed E-state index contributed by atoms with van der Waals surface area (Å²) in [7, 11) is 0. The van der Waals surface area contributed by atoms with E-state index < -0.39 is 0 Å². The molecule has 4 nitrogen and oxygen atoms in total. The van der Waals surface area contributed by atoms with Crippen LogP contribution in [0.15, 0.2) is 72.8 Å². The van der Waals surface area contributed by atoms with Gasteiger partial charge < -0.3 is 19.7 Å². The van der Waals surface area contributed by atoms with E-state index in [1.165, 1.54) is 0 Å². The zero-order valence-electron chi connectivity index (χ0n) is 22.5. The Morgan fingerprint density at radius 2 is 0.750 bits per heavy atom. The van der Waals surface area contributed by atoms with Gasteiger partial charge in [0.15, 0.2) is 0 Å². The van der Waals surface area contributed by atoms with Gasteiger partial charge in [-0.2, -0.15) is 0 Å². The Hall–Kier alpha value is -2.96. The van der Waals surface area contributed by atoms with E-state index in [9.17, 15) is 10.2 Å². The van der Waals surface area contributed by atoms with E-state index in [2.05, 4.69) is 56.1 Å². The van der Waals surface area contributed by atoms with Crippen molar-refractivity contribution in [3.05, 3.63) is 117 Å². The monoisotopic (exact) mass is 664 g/mol. The van der Waals surface area contributed by atoms with Crippen LogP contribution in [-0.4, -0.2) is 34.1 Å². The Labute approximate surface area is 253 Å². The van der Waals surface area contributed by atoms with Gasteiger partial charge in [-0.3, -0.25) is 0 Å². The fraction of sp³-hybridized carbons (Fsp3) is 0.294. The van der Waals surface area contributed by atoms with Crippen molar-refractivity contribution in [3.63, 3.8) is 0 Å². The molecule has 0 aliphatic heterocycles. The number of para-hydroxylation sites is 4. The smallest absolute Gasteiger partial charge is 0.126 e. The van der Waals surface area contributed by atoms with Crippen molar-refractivity contribution in [2.24, 2.45) is 0 Å². The molecule has 0 saturated carbocycles. The highest BCUT2D eigenvalue weighted by Gasteiger charge is 2.20. The maximum atomic E-state index is 11.4. The zero-order chi connectivity index (χ0) is 27.9. The quantitative estimate of drug-likeness (QED) is 0.130. The van der Waals surface area contributed by atoms with Crippen LogP contribution in [0.25, 0.3) is 0 Å². The molecule has 4 aromatic rings. The number of alkyl halides is 2. The molecule has 0 unspecified atom stereocenters. The predicted octanol–water partition coefficient (Wildman–Crippen LogP) is 8.10. The van der Waals surface area contributed by atoms with E-state index in [0.717, 1.165) is 79.5 Å². The molecule has 0 spiro atoms. The maximum absolute atomic E-state index is 11.4. The summed E-state index contributed by atoms with van der Waals surface area (Å²) in [6, 6.07) is 24.3. The number of halogens is 2. The Morgan fingerprint density at radius 1 is 0.475 bits per heavy atom. The van der Waals surface area contributed by atoms with E-state index in [0.29, 0.717) is 50.4 Å². The van der Waals surface area contributed by atoms with Crippen LogP contribution < -0.4 is 9.47 Å². The topological polar surface area (TPSA) is 58.9 Å². The van der Waals surface area contributed by atoms with Crippen molar-refractivity contribution in [2.45, 2.75) is 38.5 Å². The van der Waals surface area contributed by atoms with Gasteiger partial charge in [0, 0.05) is 36.3 Å². The van der Waals surface area contributed by atoms with Crippen LogP contribution in [0.3, 0.4) is 0 Å². The van der Waals surface area contributed by atoms with Crippen LogP contribution in [0, 0.1) is 0 Å². The zero-order valence-corrected chi connectivity index (χ0v) is 25.6. The summed E-state index contributed by atoms with van der Waals surface area (Å²) in [6.07, 6.45) is 3.92. The van der Waals surface area contributed by atoms with Gasteiger partial charge in [-0.15, -0.1) is 0 Å². The van der Waals surface area contributed by atoms with Crippen molar-refractivity contribution >= 4 is 31.9 Å². The number of phenols is 2. The van der Waals surface area contributed by atoms with Gasteiger partial charge in [-0.25, -0.2) is 0 Å². The van der Waals surface area contributed by atoms with Crippen LogP contribution >= 0.6 is 31.9 Å². The van der Waals surface area contributed by atoms with Crippen LogP contribution in [0.5, 0.6) is 23.0 Å². The molecule has 0 fully saturated rings. The van der Waals surface area contributed by atoms with Gasteiger partial charge >= 0.3 is 0 Å². The van der Waals surface area contributed by atoms with Gasteiger partial charge in [-0.1, -0.05) is 105 Å². The fourth-order valence-electron chi connectivity index (χ4n) is 5.34. The first kappa shape index (κ1) is 28.6. The Morgan fingerprint density at radius 3 is 1.02 bits per heavy atom. The Bertz CT molecular complexity index is 1270. The molecular formula is C34H34Br2O4. The van der Waals surface area contributed by atoms with Crippen LogP contribution in [-0.2, 0) is 25.7 Å². The summed E-state index contributed by atoms with van der Waals surface area (Å²) in [4.78, 5) is 0. The van der Waals surface area contributed by atoms with Crippen molar-refractivity contribution in [3.8, 4) is 23.0 Å². The number of benzene rings is 4. The molecule has 8 bridgehead atoms. The molecule has 2 N–H and O–H groups in total. The average Bonchev–Trinajstić information content (AvgIpc) is 2.95. The lowest BCUT2D eigenvalue weighted by Crippen LogP contribution is -2.07. The van der Waals surface area contributed by atoms with Gasteiger partial charge in [0.1, 0.15) is 23.0 Å².